The van der Waals surface area contributed by atoms with Crippen LogP contribution in [0.4, 0.5) is 5.95 Å². The highest BCUT2D eigenvalue weighted by molar-refractivity contribution is 5.63. The Morgan fingerprint density at radius 1 is 1.33 bits per heavy atom. The first-order chi connectivity index (χ1) is 8.75. The summed E-state index contributed by atoms with van der Waals surface area (Å²) in [6.07, 6.45) is 2.89. The second kappa shape index (κ2) is 5.62. The lowest BCUT2D eigenvalue weighted by molar-refractivity contribution is 0.901. The van der Waals surface area contributed by atoms with Crippen molar-refractivity contribution in [3.8, 4) is 0 Å². The molecule has 0 aliphatic heterocycles. The highest BCUT2D eigenvalue weighted by Gasteiger charge is 1.94. The third-order valence-corrected chi connectivity index (χ3v) is 2.28. The summed E-state index contributed by atoms with van der Waals surface area (Å²) in [6, 6.07) is 9.93. The number of aromatic nitrogens is 3. The molecule has 0 aliphatic carbocycles. The number of rotatable bonds is 4. The smallest absolute Gasteiger partial charge is 0.271 e. The second-order valence-electron chi connectivity index (χ2n) is 3.65. The number of hydrogen-bond donors (Lipinski definition) is 3. The molecule has 0 amide bonds. The maximum Gasteiger partial charge on any atom is 0.271 e. The minimum atomic E-state index is -0.307. The van der Waals surface area contributed by atoms with E-state index in [1.165, 1.54) is 0 Å². The predicted octanol–water partition coefficient (Wildman–Crippen LogP) is 1.14. The fourth-order valence-corrected chi connectivity index (χ4v) is 1.37. The average molecular weight is 243 g/mol. The van der Waals surface area contributed by atoms with E-state index in [-0.39, 0.29) is 11.5 Å². The molecule has 3 N–H and O–H groups in total. The Kier molecular flexibility index (Phi) is 3.70. The van der Waals surface area contributed by atoms with Gasteiger partial charge in [0.2, 0.25) is 5.95 Å². The fourth-order valence-electron chi connectivity index (χ4n) is 1.37. The summed E-state index contributed by atoms with van der Waals surface area (Å²) in [4.78, 5) is 13.5. The first-order valence-electron chi connectivity index (χ1n) is 5.41. The number of allylic oxidation sites excluding steroid dienone is 1. The van der Waals surface area contributed by atoms with E-state index < -0.39 is 0 Å². The lowest BCUT2D eigenvalue weighted by Crippen LogP contribution is -2.20. The third kappa shape index (κ3) is 3.18. The zero-order chi connectivity index (χ0) is 12.8. The van der Waals surface area contributed by atoms with Gasteiger partial charge in [0.25, 0.3) is 5.56 Å². The Hall–Kier alpha value is -2.63. The molecule has 0 fully saturated rings. The molecule has 0 saturated heterocycles. The van der Waals surface area contributed by atoms with E-state index in [9.17, 15) is 4.79 Å². The molecule has 92 valence electrons. The molecule has 0 aliphatic rings. The molecule has 2 aromatic rings. The molecule has 1 aromatic heterocycles. The molecule has 6 heteroatoms. The van der Waals surface area contributed by atoms with Gasteiger partial charge >= 0.3 is 0 Å². The first kappa shape index (κ1) is 11.8. The SMILES string of the molecule is CC(=CNNc1nncc(=O)[nH]1)c1ccccc1. The maximum absolute atomic E-state index is 11.0. The van der Waals surface area contributed by atoms with Gasteiger partial charge < -0.3 is 5.43 Å². The monoisotopic (exact) mass is 243 g/mol. The van der Waals surface area contributed by atoms with Crippen molar-refractivity contribution >= 4 is 11.5 Å². The van der Waals surface area contributed by atoms with Crippen molar-refractivity contribution in [3.63, 3.8) is 0 Å². The van der Waals surface area contributed by atoms with E-state index in [4.69, 9.17) is 0 Å². The molecule has 1 heterocycles. The van der Waals surface area contributed by atoms with Crippen LogP contribution in [0.15, 0.2) is 47.5 Å². The number of hydrogen-bond acceptors (Lipinski definition) is 5. The van der Waals surface area contributed by atoms with Crippen LogP contribution in [0.1, 0.15) is 12.5 Å². The van der Waals surface area contributed by atoms with Crippen LogP contribution in [0.5, 0.6) is 0 Å². The van der Waals surface area contributed by atoms with E-state index >= 15 is 0 Å². The lowest BCUT2D eigenvalue weighted by atomic mass is 10.1. The zero-order valence-corrected chi connectivity index (χ0v) is 9.84. The van der Waals surface area contributed by atoms with Crippen LogP contribution in [0.2, 0.25) is 0 Å². The van der Waals surface area contributed by atoms with Gasteiger partial charge in [-0.2, -0.15) is 0 Å². The predicted molar refractivity (Wildman–Crippen MR) is 69.5 cm³/mol. The molecule has 0 unspecified atom stereocenters. The highest BCUT2D eigenvalue weighted by Crippen LogP contribution is 2.10. The summed E-state index contributed by atoms with van der Waals surface area (Å²) in [7, 11) is 0. The van der Waals surface area contributed by atoms with Gasteiger partial charge in [0, 0.05) is 6.20 Å². The van der Waals surface area contributed by atoms with Crippen molar-refractivity contribution in [3.05, 3.63) is 58.6 Å². The van der Waals surface area contributed by atoms with Gasteiger partial charge in [-0.25, -0.2) is 0 Å². The molecular weight excluding hydrogens is 230 g/mol. The van der Waals surface area contributed by atoms with E-state index in [2.05, 4.69) is 26.0 Å². The van der Waals surface area contributed by atoms with Crippen molar-refractivity contribution in [1.29, 1.82) is 0 Å². The number of nitrogens with one attached hydrogen (secondary N) is 3. The minimum Gasteiger partial charge on any atom is -0.305 e. The summed E-state index contributed by atoms with van der Waals surface area (Å²) in [6.45, 7) is 1.98. The van der Waals surface area contributed by atoms with E-state index in [0.29, 0.717) is 0 Å². The van der Waals surface area contributed by atoms with Crippen LogP contribution in [-0.4, -0.2) is 15.2 Å². The van der Waals surface area contributed by atoms with Crippen LogP contribution >= 0.6 is 0 Å². The molecule has 18 heavy (non-hydrogen) atoms. The molecular formula is C12H13N5O. The number of anilines is 1. The van der Waals surface area contributed by atoms with Crippen molar-refractivity contribution in [2.24, 2.45) is 0 Å². The molecule has 0 atom stereocenters. The maximum atomic E-state index is 11.0. The van der Waals surface area contributed by atoms with Crippen molar-refractivity contribution in [2.45, 2.75) is 6.92 Å². The molecule has 2 rings (SSSR count). The van der Waals surface area contributed by atoms with Gasteiger partial charge in [0.05, 0.1) is 0 Å². The van der Waals surface area contributed by atoms with Gasteiger partial charge in [-0.15, -0.1) is 10.2 Å². The van der Waals surface area contributed by atoms with E-state index in [0.717, 1.165) is 17.3 Å². The first-order valence-corrected chi connectivity index (χ1v) is 5.41. The van der Waals surface area contributed by atoms with Gasteiger partial charge in [-0.05, 0) is 18.1 Å². The van der Waals surface area contributed by atoms with Crippen molar-refractivity contribution in [1.82, 2.24) is 20.6 Å². The van der Waals surface area contributed by atoms with E-state index in [1.54, 1.807) is 6.20 Å². The largest absolute Gasteiger partial charge is 0.305 e. The number of nitrogens with zero attached hydrogens (tertiary/aromatic N) is 2. The Morgan fingerprint density at radius 3 is 2.83 bits per heavy atom. The van der Waals surface area contributed by atoms with Crippen LogP contribution in [0.3, 0.4) is 0 Å². The van der Waals surface area contributed by atoms with Crippen LogP contribution in [-0.2, 0) is 0 Å². The summed E-state index contributed by atoms with van der Waals surface area (Å²) in [5.74, 6) is 0.264. The van der Waals surface area contributed by atoms with Crippen molar-refractivity contribution < 1.29 is 0 Å². The molecule has 0 radical (unpaired) electrons. The van der Waals surface area contributed by atoms with Gasteiger partial charge in [0.1, 0.15) is 6.20 Å². The number of benzene rings is 1. The quantitative estimate of drug-likeness (QED) is 0.701. The molecule has 0 bridgehead atoms. The summed E-state index contributed by atoms with van der Waals surface area (Å²) < 4.78 is 0. The fraction of sp³-hybridized carbons (Fsp3) is 0.0833. The van der Waals surface area contributed by atoms with Gasteiger partial charge in [-0.1, -0.05) is 30.3 Å². The second-order valence-corrected chi connectivity index (χ2v) is 3.65. The van der Waals surface area contributed by atoms with Crippen molar-refractivity contribution in [2.75, 3.05) is 5.43 Å². The number of H-pyrrole nitrogens is 1. The summed E-state index contributed by atoms with van der Waals surface area (Å²) in [5, 5.41) is 7.22. The Morgan fingerprint density at radius 2 is 2.11 bits per heavy atom. The number of hydrazine groups is 1. The van der Waals surface area contributed by atoms with Crippen LogP contribution in [0.25, 0.3) is 5.57 Å². The van der Waals surface area contributed by atoms with E-state index in [1.807, 2.05) is 37.3 Å². The molecule has 0 saturated carbocycles. The lowest BCUT2D eigenvalue weighted by Gasteiger charge is -2.05. The average Bonchev–Trinajstić information content (AvgIpc) is 2.40. The van der Waals surface area contributed by atoms with Gasteiger partial charge in [-0.3, -0.25) is 15.2 Å². The Bertz CT molecular complexity index is 591. The highest BCUT2D eigenvalue weighted by atomic mass is 16.1. The normalized spacial score (nSPS) is 11.1. The third-order valence-electron chi connectivity index (χ3n) is 2.28. The molecule has 6 nitrogen and oxygen atoms in total. The summed E-state index contributed by atoms with van der Waals surface area (Å²) >= 11 is 0. The molecule has 1 aromatic carbocycles. The van der Waals surface area contributed by atoms with Crippen LogP contribution < -0.4 is 16.4 Å². The minimum absolute atomic E-state index is 0.264. The molecule has 0 spiro atoms. The number of aromatic amines is 1. The van der Waals surface area contributed by atoms with Crippen LogP contribution in [0, 0.1) is 0 Å². The standard InChI is InChI=1S/C12H13N5O/c1-9(10-5-3-2-4-6-10)7-13-16-12-15-11(18)8-14-17-12/h2-8,13H,1H3,(H2,15,16,17,18). The zero-order valence-electron chi connectivity index (χ0n) is 9.84. The summed E-state index contributed by atoms with van der Waals surface area (Å²) in [5.41, 5.74) is 7.43. The van der Waals surface area contributed by atoms with Gasteiger partial charge in [0.15, 0.2) is 0 Å². The Balaban J connectivity index is 1.98. The topological polar surface area (TPSA) is 82.7 Å². The Labute approximate surface area is 104 Å².